The molecule has 3 N–H and O–H groups in total. The Morgan fingerprint density at radius 3 is 2.43 bits per heavy atom. The lowest BCUT2D eigenvalue weighted by molar-refractivity contribution is -0.125. The van der Waals surface area contributed by atoms with Gasteiger partial charge in [0.2, 0.25) is 11.8 Å². The first-order valence-electron chi connectivity index (χ1n) is 7.41. The van der Waals surface area contributed by atoms with Crippen LogP contribution in [-0.4, -0.2) is 29.1 Å². The second-order valence-corrected chi connectivity index (χ2v) is 5.62. The zero-order valence-electron chi connectivity index (χ0n) is 12.1. The van der Waals surface area contributed by atoms with E-state index in [0.717, 1.165) is 18.5 Å². The summed E-state index contributed by atoms with van der Waals surface area (Å²) < 4.78 is 0. The van der Waals surface area contributed by atoms with Crippen LogP contribution in [0.2, 0.25) is 0 Å². The molecule has 0 radical (unpaired) electrons. The molecule has 1 fully saturated rings. The first kappa shape index (κ1) is 15.5. The first-order chi connectivity index (χ1) is 10.1. The van der Waals surface area contributed by atoms with Gasteiger partial charge >= 0.3 is 0 Å². The van der Waals surface area contributed by atoms with E-state index in [9.17, 15) is 14.7 Å². The van der Waals surface area contributed by atoms with Crippen molar-refractivity contribution in [3.63, 3.8) is 0 Å². The molecule has 0 saturated heterocycles. The van der Waals surface area contributed by atoms with Gasteiger partial charge < -0.3 is 15.7 Å². The molecule has 1 aromatic rings. The number of benzene rings is 1. The molecule has 0 aromatic heterocycles. The van der Waals surface area contributed by atoms with Crippen LogP contribution in [0, 0.1) is 0 Å². The molecule has 0 bridgehead atoms. The van der Waals surface area contributed by atoms with Gasteiger partial charge in [-0.2, -0.15) is 0 Å². The maximum atomic E-state index is 11.7. The van der Waals surface area contributed by atoms with Gasteiger partial charge in [-0.05, 0) is 25.0 Å². The number of amides is 2. The minimum absolute atomic E-state index is 0.132. The molecule has 1 saturated carbocycles. The zero-order chi connectivity index (χ0) is 15.1. The minimum atomic E-state index is -0.837. The summed E-state index contributed by atoms with van der Waals surface area (Å²) in [6.07, 6.45) is 3.68. The molecule has 114 valence electrons. The summed E-state index contributed by atoms with van der Waals surface area (Å²) in [7, 11) is 0. The molecule has 5 nitrogen and oxygen atoms in total. The van der Waals surface area contributed by atoms with Gasteiger partial charge in [0, 0.05) is 18.7 Å². The molecule has 0 heterocycles. The lowest BCUT2D eigenvalue weighted by Crippen LogP contribution is -2.35. The van der Waals surface area contributed by atoms with Gasteiger partial charge in [-0.3, -0.25) is 9.59 Å². The fourth-order valence-electron chi connectivity index (χ4n) is 2.63. The Balaban J connectivity index is 1.64. The number of carbonyl (C=O) groups is 2. The number of anilines is 1. The smallest absolute Gasteiger partial charge is 0.226 e. The third kappa shape index (κ3) is 5.19. The van der Waals surface area contributed by atoms with Crippen molar-refractivity contribution in [3.8, 4) is 0 Å². The number of carbonyl (C=O) groups excluding carboxylic acids is 2. The van der Waals surface area contributed by atoms with E-state index < -0.39 is 5.60 Å². The largest absolute Gasteiger partial charge is 0.389 e. The highest BCUT2D eigenvalue weighted by molar-refractivity contribution is 5.91. The van der Waals surface area contributed by atoms with Crippen LogP contribution >= 0.6 is 0 Å². The molecule has 0 unspecified atom stereocenters. The van der Waals surface area contributed by atoms with Crippen molar-refractivity contribution in [2.24, 2.45) is 0 Å². The summed E-state index contributed by atoms with van der Waals surface area (Å²) in [4.78, 5) is 23.4. The van der Waals surface area contributed by atoms with E-state index in [2.05, 4.69) is 10.6 Å². The van der Waals surface area contributed by atoms with Crippen LogP contribution < -0.4 is 10.6 Å². The van der Waals surface area contributed by atoms with Crippen molar-refractivity contribution in [2.45, 2.75) is 44.1 Å². The Labute approximate surface area is 124 Å². The van der Waals surface area contributed by atoms with Crippen molar-refractivity contribution in [1.29, 1.82) is 0 Å². The summed E-state index contributed by atoms with van der Waals surface area (Å²) in [5.74, 6) is -0.326. The Bertz CT molecular complexity index is 482. The summed E-state index contributed by atoms with van der Waals surface area (Å²) in [5, 5.41) is 15.6. The Morgan fingerprint density at radius 1 is 1.10 bits per heavy atom. The Hall–Kier alpha value is -1.88. The highest BCUT2D eigenvalue weighted by atomic mass is 16.3. The third-order valence-electron chi connectivity index (χ3n) is 3.76. The molecule has 21 heavy (non-hydrogen) atoms. The normalized spacial score (nSPS) is 16.4. The van der Waals surface area contributed by atoms with Crippen LogP contribution in [0.4, 0.5) is 5.69 Å². The van der Waals surface area contributed by atoms with Crippen LogP contribution in [0.3, 0.4) is 0 Å². The SMILES string of the molecule is O=C(CC1(O)CCCC1)NCCC(=O)Nc1ccccc1. The highest BCUT2D eigenvalue weighted by Crippen LogP contribution is 2.32. The quantitative estimate of drug-likeness (QED) is 0.748. The van der Waals surface area contributed by atoms with Gasteiger partial charge in [-0.15, -0.1) is 0 Å². The van der Waals surface area contributed by atoms with Gasteiger partial charge in [0.15, 0.2) is 0 Å². The molecule has 1 aliphatic carbocycles. The fourth-order valence-corrected chi connectivity index (χ4v) is 2.63. The standard InChI is InChI=1S/C16H22N2O3/c19-14(18-13-6-2-1-3-7-13)8-11-17-15(20)12-16(21)9-4-5-10-16/h1-3,6-7,21H,4-5,8-12H2,(H,17,20)(H,18,19). The Morgan fingerprint density at radius 2 is 1.76 bits per heavy atom. The van der Waals surface area contributed by atoms with E-state index in [0.29, 0.717) is 12.8 Å². The summed E-state index contributed by atoms with van der Waals surface area (Å²) in [5.41, 5.74) is -0.0924. The van der Waals surface area contributed by atoms with Gasteiger partial charge in [0.1, 0.15) is 0 Å². The van der Waals surface area contributed by atoms with Crippen LogP contribution in [0.5, 0.6) is 0 Å². The molecule has 0 spiro atoms. The van der Waals surface area contributed by atoms with Gasteiger partial charge in [-0.25, -0.2) is 0 Å². The molecule has 2 amide bonds. The summed E-state index contributed by atoms with van der Waals surface area (Å²) in [6, 6.07) is 9.20. The molecule has 1 aliphatic rings. The van der Waals surface area contributed by atoms with Crippen molar-refractivity contribution in [2.75, 3.05) is 11.9 Å². The molecular formula is C16H22N2O3. The lowest BCUT2D eigenvalue weighted by Gasteiger charge is -2.21. The summed E-state index contributed by atoms with van der Waals surface area (Å²) in [6.45, 7) is 0.285. The maximum Gasteiger partial charge on any atom is 0.226 e. The van der Waals surface area contributed by atoms with Crippen LogP contribution in [0.25, 0.3) is 0 Å². The average molecular weight is 290 g/mol. The fraction of sp³-hybridized carbons (Fsp3) is 0.500. The molecule has 5 heteroatoms. The predicted molar refractivity (Wildman–Crippen MR) is 80.7 cm³/mol. The number of para-hydroxylation sites is 1. The van der Waals surface area contributed by atoms with E-state index in [1.54, 1.807) is 0 Å². The van der Waals surface area contributed by atoms with E-state index in [1.165, 1.54) is 0 Å². The number of aliphatic hydroxyl groups is 1. The van der Waals surface area contributed by atoms with E-state index in [-0.39, 0.29) is 31.2 Å². The highest BCUT2D eigenvalue weighted by Gasteiger charge is 2.33. The second kappa shape index (κ2) is 7.22. The van der Waals surface area contributed by atoms with Crippen LogP contribution in [0.15, 0.2) is 30.3 Å². The molecular weight excluding hydrogens is 268 g/mol. The lowest BCUT2D eigenvalue weighted by atomic mass is 9.98. The molecule has 2 rings (SSSR count). The van der Waals surface area contributed by atoms with Crippen molar-refractivity contribution < 1.29 is 14.7 Å². The number of hydrogen-bond acceptors (Lipinski definition) is 3. The third-order valence-corrected chi connectivity index (χ3v) is 3.76. The molecule has 1 aromatic carbocycles. The zero-order valence-corrected chi connectivity index (χ0v) is 12.1. The van der Waals surface area contributed by atoms with E-state index >= 15 is 0 Å². The first-order valence-corrected chi connectivity index (χ1v) is 7.41. The van der Waals surface area contributed by atoms with Crippen LogP contribution in [0.1, 0.15) is 38.5 Å². The number of rotatable bonds is 6. The predicted octanol–water partition coefficient (Wildman–Crippen LogP) is 1.83. The average Bonchev–Trinajstić information content (AvgIpc) is 2.86. The summed E-state index contributed by atoms with van der Waals surface area (Å²) >= 11 is 0. The second-order valence-electron chi connectivity index (χ2n) is 5.62. The van der Waals surface area contributed by atoms with E-state index in [1.807, 2.05) is 30.3 Å². The topological polar surface area (TPSA) is 78.4 Å². The number of hydrogen-bond donors (Lipinski definition) is 3. The van der Waals surface area contributed by atoms with Gasteiger partial charge in [0.05, 0.1) is 12.0 Å². The van der Waals surface area contributed by atoms with Crippen LogP contribution in [-0.2, 0) is 9.59 Å². The number of nitrogens with one attached hydrogen (secondary N) is 2. The maximum absolute atomic E-state index is 11.7. The van der Waals surface area contributed by atoms with Gasteiger partial charge in [0.25, 0.3) is 0 Å². The Kier molecular flexibility index (Phi) is 5.33. The van der Waals surface area contributed by atoms with Crippen molar-refractivity contribution in [3.05, 3.63) is 30.3 Å². The molecule has 0 aliphatic heterocycles. The molecule has 0 atom stereocenters. The van der Waals surface area contributed by atoms with E-state index in [4.69, 9.17) is 0 Å². The monoisotopic (exact) mass is 290 g/mol. The minimum Gasteiger partial charge on any atom is -0.389 e. The van der Waals surface area contributed by atoms with Crippen molar-refractivity contribution >= 4 is 17.5 Å². The van der Waals surface area contributed by atoms with Crippen molar-refractivity contribution in [1.82, 2.24) is 5.32 Å². The van der Waals surface area contributed by atoms with Gasteiger partial charge in [-0.1, -0.05) is 31.0 Å².